The summed E-state index contributed by atoms with van der Waals surface area (Å²) in [5.41, 5.74) is 23.8. The molecule has 4 amide bonds. The number of β-amino-alcohol motifs (C(OH)–C–C–N with tert-alkyl or cyclic N) is 1. The zero-order valence-corrected chi connectivity index (χ0v) is 46.1. The third-order valence-corrected chi connectivity index (χ3v) is 16.2. The lowest BCUT2D eigenvalue weighted by Gasteiger charge is -2.38. The van der Waals surface area contributed by atoms with Crippen LogP contribution < -0.4 is 27.4 Å². The number of rotatable bonds is 22. The number of aromatic nitrogens is 5. The fourth-order valence-corrected chi connectivity index (χ4v) is 11.3. The number of amides is 4. The number of unbranched alkanes of at least 4 members (excludes halogenated alkanes) is 5. The molecule has 9 rings (SSSR count). The number of imidazole rings is 1. The van der Waals surface area contributed by atoms with Crippen molar-refractivity contribution < 1.29 is 24.3 Å². The van der Waals surface area contributed by atoms with Crippen LogP contribution >= 0.6 is 11.3 Å². The van der Waals surface area contributed by atoms with Gasteiger partial charge in [-0.2, -0.15) is 0 Å². The average Bonchev–Trinajstić information content (AvgIpc) is 4.28. The maximum Gasteiger partial charge on any atom is 0.246 e. The Labute approximate surface area is 460 Å². The van der Waals surface area contributed by atoms with E-state index in [1.807, 2.05) is 105 Å². The molecule has 7 aromatic rings. The molecule has 1 saturated heterocycles. The Hall–Kier alpha value is -7.34. The van der Waals surface area contributed by atoms with Gasteiger partial charge in [-0.05, 0) is 116 Å². The van der Waals surface area contributed by atoms with Crippen LogP contribution in [-0.2, 0) is 37.7 Å². The number of aryl methyl sites for hydroxylation is 2. The predicted octanol–water partition coefficient (Wildman–Crippen LogP) is 9.09. The minimum Gasteiger partial charge on any atom is -0.391 e. The van der Waals surface area contributed by atoms with Gasteiger partial charge in [0.05, 0.1) is 33.4 Å². The maximum atomic E-state index is 14.1. The Kier molecular flexibility index (Phi) is 17.4. The number of fused-ring (bicyclic) bond motifs is 1. The molecule has 4 aromatic heterocycles. The summed E-state index contributed by atoms with van der Waals surface area (Å²) in [5.74, 6) is 0.107. The summed E-state index contributed by atoms with van der Waals surface area (Å²) in [6.45, 7) is 8.53. The number of carbonyl (C=O) groups is 4. The lowest BCUT2D eigenvalue weighted by atomic mass is 9.73. The highest BCUT2D eigenvalue weighted by Gasteiger charge is 2.44. The summed E-state index contributed by atoms with van der Waals surface area (Å²) >= 11 is 1.58. The summed E-state index contributed by atoms with van der Waals surface area (Å²) in [6.07, 6.45) is 10.5. The van der Waals surface area contributed by atoms with Gasteiger partial charge in [-0.3, -0.25) is 23.7 Å². The summed E-state index contributed by atoms with van der Waals surface area (Å²) in [7, 11) is 0. The Morgan fingerprint density at radius 1 is 0.821 bits per heavy atom. The SMILES string of the molecule is Cc1ncsc1-c1ccc(CNC(=O)[C@@H]2C[C@@H](O)CN2C(=O)[C@@H](NC(=O)CCCCCCCCNC(=O)CCc2cccc(-c3ccc4nc(-c5cccnc5N)n(-c5ccc(C6(N)CCC6)cc5)c4n3)c2)C(C)(C)C)cc1. The number of thiazole rings is 1. The first kappa shape index (κ1) is 55.4. The molecule has 0 radical (unpaired) electrons. The molecular weight excluding hydrogens is 999 g/mol. The van der Waals surface area contributed by atoms with Crippen LogP contribution in [0.3, 0.4) is 0 Å². The second-order valence-electron chi connectivity index (χ2n) is 22.2. The first-order valence-corrected chi connectivity index (χ1v) is 28.3. The van der Waals surface area contributed by atoms with E-state index in [4.69, 9.17) is 21.4 Å². The number of nitrogens with two attached hydrogens (primary N) is 2. The Bertz CT molecular complexity index is 3230. The van der Waals surface area contributed by atoms with Gasteiger partial charge >= 0.3 is 0 Å². The van der Waals surface area contributed by atoms with E-state index in [9.17, 15) is 24.3 Å². The summed E-state index contributed by atoms with van der Waals surface area (Å²) < 4.78 is 2.03. The molecule has 1 aliphatic heterocycles. The smallest absolute Gasteiger partial charge is 0.246 e. The van der Waals surface area contributed by atoms with E-state index < -0.39 is 23.6 Å². The van der Waals surface area contributed by atoms with Crippen molar-refractivity contribution in [3.63, 3.8) is 0 Å². The molecule has 0 bridgehead atoms. The molecule has 1 saturated carbocycles. The number of benzene rings is 3. The number of anilines is 1. The number of nitrogens with one attached hydrogen (secondary N) is 3. The molecule has 78 heavy (non-hydrogen) atoms. The van der Waals surface area contributed by atoms with Crippen molar-refractivity contribution in [2.45, 2.75) is 141 Å². The first-order chi connectivity index (χ1) is 37.5. The zero-order chi connectivity index (χ0) is 55.0. The van der Waals surface area contributed by atoms with Crippen LogP contribution in [0.1, 0.15) is 120 Å². The standard InChI is InChI=1S/C61H73N11O5S/c1-39-53(78-38-67-39)42-21-18-41(19-22-42)36-66-58(76)50-35-46(73)37-71(50)59(77)54(60(2,3)4)70-52(75)17-9-7-5-6-8-10-32-64-51(74)29-20-40-14-11-15-43(34-40)48-27-28-49-57(68-48)72(56(69-49)47-16-12-33-65-55(47)62)45-25-23-44(24-26-45)61(63)30-13-31-61/h11-12,14-16,18-19,21-28,33-34,38,46,50,54,73H,5-10,13,17,20,29-32,35-37,63H2,1-4H3,(H2,62,65)(H,64,74)(H,66,76)(H,70,75)/t46-,50+,54-/m1/s1. The van der Waals surface area contributed by atoms with Gasteiger partial charge in [-0.1, -0.05) is 101 Å². The quantitative estimate of drug-likeness (QED) is 0.0350. The van der Waals surface area contributed by atoms with Crippen LogP contribution in [0.2, 0.25) is 0 Å². The topological polar surface area (TPSA) is 236 Å². The van der Waals surface area contributed by atoms with Crippen molar-refractivity contribution in [3.05, 3.63) is 131 Å². The van der Waals surface area contributed by atoms with Crippen molar-refractivity contribution in [3.8, 4) is 38.8 Å². The number of pyridine rings is 2. The van der Waals surface area contributed by atoms with E-state index in [1.165, 1.54) is 4.90 Å². The second-order valence-corrected chi connectivity index (χ2v) is 23.0. The van der Waals surface area contributed by atoms with Crippen LogP contribution in [-0.4, -0.2) is 89.4 Å². The molecule has 8 N–H and O–H groups in total. The van der Waals surface area contributed by atoms with Crippen molar-refractivity contribution in [1.29, 1.82) is 0 Å². The van der Waals surface area contributed by atoms with Gasteiger partial charge < -0.3 is 37.4 Å². The molecule has 2 aliphatic rings. The highest BCUT2D eigenvalue weighted by atomic mass is 32.1. The number of aliphatic hydroxyl groups excluding tert-OH is 1. The maximum absolute atomic E-state index is 14.1. The van der Waals surface area contributed by atoms with Crippen molar-refractivity contribution in [2.75, 3.05) is 18.8 Å². The minimum absolute atomic E-state index is 0.00736. The first-order valence-electron chi connectivity index (χ1n) is 27.5. The summed E-state index contributed by atoms with van der Waals surface area (Å²) in [4.78, 5) is 75.2. The molecule has 3 aromatic carbocycles. The lowest BCUT2D eigenvalue weighted by molar-refractivity contribution is -0.144. The molecule has 5 heterocycles. The number of nitrogen functional groups attached to an aromatic ring is 1. The number of hydrogen-bond acceptors (Lipinski definition) is 12. The van der Waals surface area contributed by atoms with Gasteiger partial charge in [-0.15, -0.1) is 11.3 Å². The van der Waals surface area contributed by atoms with Crippen molar-refractivity contribution >= 4 is 51.9 Å². The number of hydrogen-bond donors (Lipinski definition) is 6. The normalized spacial score (nSPS) is 16.4. The Balaban J connectivity index is 0.691. The van der Waals surface area contributed by atoms with Crippen LogP contribution in [0.15, 0.2) is 109 Å². The van der Waals surface area contributed by atoms with E-state index >= 15 is 0 Å². The lowest BCUT2D eigenvalue weighted by Crippen LogP contribution is -2.57. The molecule has 2 fully saturated rings. The zero-order valence-electron chi connectivity index (χ0n) is 45.3. The van der Waals surface area contributed by atoms with E-state index in [1.54, 1.807) is 17.5 Å². The molecule has 0 spiro atoms. The molecule has 408 valence electrons. The van der Waals surface area contributed by atoms with Gasteiger partial charge in [0, 0.05) is 61.9 Å². The van der Waals surface area contributed by atoms with E-state index in [0.717, 1.165) is 107 Å². The van der Waals surface area contributed by atoms with Gasteiger partial charge in [0.2, 0.25) is 23.6 Å². The molecule has 0 unspecified atom stereocenters. The minimum atomic E-state index is -0.871. The summed E-state index contributed by atoms with van der Waals surface area (Å²) in [5, 5.41) is 19.6. The number of likely N-dealkylation sites (tertiary alicyclic amines) is 1. The molecule has 1 aliphatic carbocycles. The fourth-order valence-electron chi connectivity index (χ4n) is 10.5. The van der Waals surface area contributed by atoms with Crippen molar-refractivity contribution in [2.24, 2.45) is 11.1 Å². The monoisotopic (exact) mass is 1070 g/mol. The van der Waals surface area contributed by atoms with E-state index in [2.05, 4.69) is 56.3 Å². The molecule has 16 nitrogen and oxygen atoms in total. The Morgan fingerprint density at radius 3 is 2.28 bits per heavy atom. The van der Waals surface area contributed by atoms with E-state index in [0.29, 0.717) is 48.7 Å². The number of aliphatic hydroxyl groups is 1. The van der Waals surface area contributed by atoms with E-state index in [-0.39, 0.29) is 55.1 Å². The van der Waals surface area contributed by atoms with Gasteiger partial charge in [0.1, 0.15) is 23.4 Å². The molecule has 3 atom stereocenters. The highest BCUT2D eigenvalue weighted by Crippen LogP contribution is 2.40. The Morgan fingerprint density at radius 2 is 1.58 bits per heavy atom. The third kappa shape index (κ3) is 13.1. The molecular formula is C61H73N11O5S. The van der Waals surface area contributed by atoms with Crippen LogP contribution in [0.25, 0.3) is 49.9 Å². The average molecular weight is 1070 g/mol. The fraction of sp³-hybridized carbons (Fsp3) is 0.410. The third-order valence-electron chi connectivity index (χ3n) is 15.3. The summed E-state index contributed by atoms with van der Waals surface area (Å²) in [6, 6.07) is 30.4. The van der Waals surface area contributed by atoms with Crippen LogP contribution in [0.5, 0.6) is 0 Å². The predicted molar refractivity (Wildman–Crippen MR) is 307 cm³/mol. The second kappa shape index (κ2) is 24.5. The van der Waals surface area contributed by atoms with Gasteiger partial charge in [-0.25, -0.2) is 19.9 Å². The highest BCUT2D eigenvalue weighted by molar-refractivity contribution is 7.13. The van der Waals surface area contributed by atoms with Gasteiger partial charge in [0.15, 0.2) is 11.5 Å². The van der Waals surface area contributed by atoms with Crippen LogP contribution in [0, 0.1) is 12.3 Å². The number of nitrogens with zero attached hydrogens (tertiary/aromatic N) is 6. The number of carbonyl (C=O) groups excluding carboxylic acids is 4. The molecule has 17 heteroatoms. The largest absolute Gasteiger partial charge is 0.391 e. The van der Waals surface area contributed by atoms with Crippen LogP contribution in [0.4, 0.5) is 5.82 Å². The van der Waals surface area contributed by atoms with Crippen molar-refractivity contribution in [1.82, 2.24) is 45.4 Å². The van der Waals surface area contributed by atoms with Gasteiger partial charge in [0.25, 0.3) is 0 Å².